The minimum atomic E-state index is 0.364. The Hall–Kier alpha value is -0.915. The minimum Gasteiger partial charge on any atom is -0.446 e. The van der Waals surface area contributed by atoms with Gasteiger partial charge in [0.2, 0.25) is 0 Å². The number of benzene rings is 1. The second-order valence-electron chi connectivity index (χ2n) is 3.70. The molecule has 0 saturated carbocycles. The van der Waals surface area contributed by atoms with Crippen LogP contribution < -0.4 is 33.3 Å². The van der Waals surface area contributed by atoms with Gasteiger partial charge in [0.25, 0.3) is 0 Å². The van der Waals surface area contributed by atoms with E-state index in [1.807, 2.05) is 0 Å². The zero-order valence-electron chi connectivity index (χ0n) is 10.00. The fourth-order valence-corrected chi connectivity index (χ4v) is 2.16. The number of hydrogen-bond donors (Lipinski definition) is 5. The van der Waals surface area contributed by atoms with Gasteiger partial charge in [-0.3, -0.25) is 0 Å². The molecule has 0 aliphatic heterocycles. The van der Waals surface area contributed by atoms with Crippen molar-refractivity contribution in [2.45, 2.75) is 19.6 Å². The van der Waals surface area contributed by atoms with Crippen LogP contribution in [0.1, 0.15) is 16.7 Å². The molecular weight excluding hydrogens is 213 g/mol. The molecule has 2 radical (unpaired) electrons. The summed E-state index contributed by atoms with van der Waals surface area (Å²) in [4.78, 5) is 0. The lowest BCUT2D eigenvalue weighted by atomic mass is 9.83. The van der Waals surface area contributed by atoms with Crippen LogP contribution >= 0.6 is 0 Å². The van der Waals surface area contributed by atoms with Crippen LogP contribution in [0.4, 0.5) is 11.4 Å². The summed E-state index contributed by atoms with van der Waals surface area (Å²) >= 11 is 0. The Bertz CT molecular complexity index is 372. The third kappa shape index (κ3) is 2.36. The van der Waals surface area contributed by atoms with Crippen molar-refractivity contribution in [3.05, 3.63) is 30.8 Å². The van der Waals surface area contributed by atoms with Gasteiger partial charge in [0.15, 0.2) is 0 Å². The molecule has 1 rings (SSSR count). The molecule has 17 heavy (non-hydrogen) atoms. The Morgan fingerprint density at radius 2 is 1.18 bits per heavy atom. The highest BCUT2D eigenvalue weighted by Gasteiger charge is 2.20. The molecular formula is C11H20BN5. The summed E-state index contributed by atoms with van der Waals surface area (Å²) in [5.74, 6) is 0. The summed E-state index contributed by atoms with van der Waals surface area (Å²) < 4.78 is 0. The van der Waals surface area contributed by atoms with Crippen molar-refractivity contribution >= 4 is 24.7 Å². The summed E-state index contributed by atoms with van der Waals surface area (Å²) in [6, 6.07) is 0. The van der Waals surface area contributed by atoms with Crippen LogP contribution in [-0.2, 0) is 19.6 Å². The summed E-state index contributed by atoms with van der Waals surface area (Å²) in [7, 11) is 13.6. The van der Waals surface area contributed by atoms with Gasteiger partial charge in [-0.15, -0.1) is 14.1 Å². The Morgan fingerprint density at radius 1 is 0.824 bits per heavy atom. The predicted octanol–water partition coefficient (Wildman–Crippen LogP) is -3.17. The van der Waals surface area contributed by atoms with E-state index in [0.29, 0.717) is 25.1 Å². The Kier molecular flexibility index (Phi) is 5.11. The average molecular weight is 233 g/mol. The third-order valence-corrected chi connectivity index (χ3v) is 2.98. The molecule has 0 atom stereocenters. The standard InChI is InChI=1S/C11H20BN5/c1-16-10-7(4-14)6(3-13)8(5-15)11(17-2)9(10)12/h1-5,13-17H2. The van der Waals surface area contributed by atoms with Gasteiger partial charge in [-0.25, -0.2) is 0 Å². The van der Waals surface area contributed by atoms with E-state index in [2.05, 4.69) is 14.1 Å². The number of hydrogen-bond acceptors (Lipinski definition) is 3. The summed E-state index contributed by atoms with van der Waals surface area (Å²) in [6.45, 7) is 1.10. The fraction of sp³-hybridized carbons (Fsp3) is 0.273. The van der Waals surface area contributed by atoms with Crippen LogP contribution in [0, 0.1) is 14.1 Å². The highest BCUT2D eigenvalue weighted by atomic mass is 14.9. The van der Waals surface area contributed by atoms with E-state index in [1.165, 1.54) is 0 Å². The third-order valence-electron chi connectivity index (χ3n) is 2.98. The maximum absolute atomic E-state index is 6.09. The summed E-state index contributed by atoms with van der Waals surface area (Å²) in [5.41, 5.74) is 22.4. The zero-order chi connectivity index (χ0) is 13.0. The Balaban J connectivity index is 3.66. The monoisotopic (exact) mass is 233 g/mol. The first-order valence-electron chi connectivity index (χ1n) is 5.47. The number of quaternary nitrogens is 2. The molecule has 0 aliphatic carbocycles. The molecule has 0 spiro atoms. The molecule has 0 bridgehead atoms. The van der Waals surface area contributed by atoms with Crippen molar-refractivity contribution in [1.82, 2.24) is 0 Å². The Labute approximate surface area is 104 Å². The predicted molar refractivity (Wildman–Crippen MR) is 69.4 cm³/mol. The molecule has 0 unspecified atom stereocenters. The van der Waals surface area contributed by atoms with Crippen molar-refractivity contribution in [3.8, 4) is 0 Å². The molecule has 0 saturated heterocycles. The highest BCUT2D eigenvalue weighted by Crippen LogP contribution is 2.23. The summed E-state index contributed by atoms with van der Waals surface area (Å²) in [5, 5.41) is 3.40. The van der Waals surface area contributed by atoms with Crippen LogP contribution in [-0.4, -0.2) is 7.85 Å². The first-order valence-corrected chi connectivity index (χ1v) is 5.47. The van der Waals surface area contributed by atoms with Crippen molar-refractivity contribution in [2.24, 2.45) is 17.2 Å². The van der Waals surface area contributed by atoms with Gasteiger partial charge in [-0.1, -0.05) is 0 Å². The molecule has 1 aromatic carbocycles. The number of nitrogens with two attached hydrogens (primary N) is 5. The molecule has 6 heteroatoms. The van der Waals surface area contributed by atoms with E-state index in [1.54, 1.807) is 10.6 Å². The minimum absolute atomic E-state index is 0.364. The van der Waals surface area contributed by atoms with E-state index in [-0.39, 0.29) is 0 Å². The van der Waals surface area contributed by atoms with E-state index in [4.69, 9.17) is 25.0 Å². The maximum atomic E-state index is 6.09. The molecule has 0 fully saturated rings. The van der Waals surface area contributed by atoms with Gasteiger partial charge in [0.1, 0.15) is 19.2 Å². The molecule has 0 aliphatic rings. The largest absolute Gasteiger partial charge is 0.446 e. The van der Waals surface area contributed by atoms with Gasteiger partial charge < -0.3 is 27.8 Å². The molecule has 5 nitrogen and oxygen atoms in total. The maximum Gasteiger partial charge on any atom is 0.130 e. The quantitative estimate of drug-likeness (QED) is 0.210. The van der Waals surface area contributed by atoms with E-state index in [9.17, 15) is 0 Å². The summed E-state index contributed by atoms with van der Waals surface area (Å²) in [6.07, 6.45) is 0. The number of rotatable bonds is 5. The van der Waals surface area contributed by atoms with E-state index < -0.39 is 0 Å². The normalized spacial score (nSPS) is 10.9. The van der Waals surface area contributed by atoms with Gasteiger partial charge >= 0.3 is 0 Å². The second kappa shape index (κ2) is 6.14. The van der Waals surface area contributed by atoms with Crippen LogP contribution in [0.2, 0.25) is 0 Å². The molecule has 0 heterocycles. The van der Waals surface area contributed by atoms with E-state index in [0.717, 1.165) is 28.1 Å². The van der Waals surface area contributed by atoms with Crippen molar-refractivity contribution in [2.75, 3.05) is 0 Å². The van der Waals surface area contributed by atoms with Gasteiger partial charge in [0, 0.05) is 36.2 Å². The van der Waals surface area contributed by atoms with Gasteiger partial charge in [-0.2, -0.15) is 0 Å². The molecule has 0 aromatic heterocycles. The fourth-order valence-electron chi connectivity index (χ4n) is 2.16. The van der Waals surface area contributed by atoms with Crippen molar-refractivity contribution in [3.63, 3.8) is 0 Å². The van der Waals surface area contributed by atoms with Crippen LogP contribution in [0.15, 0.2) is 0 Å². The van der Waals surface area contributed by atoms with Crippen molar-refractivity contribution in [1.29, 1.82) is 0 Å². The molecule has 10 N–H and O–H groups in total. The van der Waals surface area contributed by atoms with Crippen LogP contribution in [0.3, 0.4) is 0 Å². The lowest BCUT2D eigenvalue weighted by molar-refractivity contribution is -0.511. The smallest absolute Gasteiger partial charge is 0.130 e. The van der Waals surface area contributed by atoms with Crippen LogP contribution in [0.25, 0.3) is 0 Å². The first-order chi connectivity index (χ1) is 8.15. The lowest BCUT2D eigenvalue weighted by Gasteiger charge is -2.21. The SMILES string of the molecule is [B]c1c([NH2+][CH2-])c(CN)c(CN)c(CN)c1[NH2+][CH2-]. The average Bonchev–Trinajstić information content (AvgIpc) is 2.36. The van der Waals surface area contributed by atoms with Crippen molar-refractivity contribution < 1.29 is 10.6 Å². The van der Waals surface area contributed by atoms with Crippen LogP contribution in [0.5, 0.6) is 0 Å². The zero-order valence-corrected chi connectivity index (χ0v) is 10.00. The Morgan fingerprint density at radius 3 is 1.41 bits per heavy atom. The first kappa shape index (κ1) is 14.1. The van der Waals surface area contributed by atoms with E-state index >= 15 is 0 Å². The van der Waals surface area contributed by atoms with Gasteiger partial charge in [0.05, 0.1) is 0 Å². The lowest BCUT2D eigenvalue weighted by Crippen LogP contribution is -2.77. The molecule has 92 valence electrons. The highest BCUT2D eigenvalue weighted by molar-refractivity contribution is 6.38. The topological polar surface area (TPSA) is 111 Å². The second-order valence-corrected chi connectivity index (χ2v) is 3.70. The molecule has 1 aromatic rings. The van der Waals surface area contributed by atoms with Gasteiger partial charge in [-0.05, 0) is 5.56 Å². The molecule has 0 amide bonds.